The van der Waals surface area contributed by atoms with Crippen LogP contribution in [0, 0.1) is 0 Å². The summed E-state index contributed by atoms with van der Waals surface area (Å²) < 4.78 is 8.38. The molecule has 0 bridgehead atoms. The molecule has 0 aliphatic carbocycles. The van der Waals surface area contributed by atoms with E-state index in [1.165, 1.54) is 0 Å². The molecule has 0 aromatic rings. The first kappa shape index (κ1) is 15.9. The van der Waals surface area contributed by atoms with E-state index in [9.17, 15) is 0 Å². The first-order chi connectivity index (χ1) is 1.00. The summed E-state index contributed by atoms with van der Waals surface area (Å²) in [5, 5.41) is 0. The molecule has 4 heavy (non-hydrogen) atoms. The Bertz CT molecular complexity index is 13.5. The van der Waals surface area contributed by atoms with Gasteiger partial charge in [0, 0.05) is 0 Å². The third kappa shape index (κ3) is 8.83. The van der Waals surface area contributed by atoms with Crippen molar-refractivity contribution in [2.45, 2.75) is 0 Å². The van der Waals surface area contributed by atoms with Gasteiger partial charge < -0.3 is 2.85 Å². The van der Waals surface area contributed by atoms with E-state index < -0.39 is 0 Å². The summed E-state index contributed by atoms with van der Waals surface area (Å²) in [6, 6.07) is 0. The quantitative estimate of drug-likeness (QED) is 0.343. The minimum absolute atomic E-state index is 0. The summed E-state index contributed by atoms with van der Waals surface area (Å²) in [4.78, 5) is 0. The molecule has 16 valence electrons. The third-order valence-electron chi connectivity index (χ3n) is 0. The SMILES string of the molecule is [H-].[H-].[Li+].[O]=[GeH2].[Rb+]. The van der Waals surface area contributed by atoms with Gasteiger partial charge in [-0.05, 0) is 0 Å². The Morgan fingerprint density at radius 2 is 1.50 bits per heavy atom. The van der Waals surface area contributed by atoms with Crippen molar-refractivity contribution in [1.29, 1.82) is 0 Å². The maximum Gasteiger partial charge on any atom is 1.00 e. The van der Waals surface area contributed by atoms with E-state index in [0.29, 0.717) is 0 Å². The second kappa shape index (κ2) is 17.2. The molecule has 0 unspecified atom stereocenters. The van der Waals surface area contributed by atoms with Crippen LogP contribution in [0.25, 0.3) is 0 Å². The zero-order valence-electron chi connectivity index (χ0n) is 5.12. The van der Waals surface area contributed by atoms with Crippen LogP contribution in [-0.2, 0) is 3.78 Å². The largest absolute Gasteiger partial charge is 1.00 e. The summed E-state index contributed by atoms with van der Waals surface area (Å²) in [6.45, 7) is 0. The molecule has 0 N–H and O–H groups in total. The average molecular weight is 185 g/mol. The van der Waals surface area contributed by atoms with E-state index in [1.807, 2.05) is 0 Å². The molecular formula is H4GeLiORb. The van der Waals surface area contributed by atoms with Crippen LogP contribution in [0.4, 0.5) is 0 Å². The Morgan fingerprint density at radius 3 is 1.50 bits per heavy atom. The molecule has 0 heterocycles. The maximum atomic E-state index is 8.38. The monoisotopic (exact) mass is 186 g/mol. The smallest absolute Gasteiger partial charge is 1.00 e. The Balaban J connectivity index is -0.000000000833. The van der Waals surface area contributed by atoms with Crippen LogP contribution in [0.15, 0.2) is 0 Å². The van der Waals surface area contributed by atoms with Gasteiger partial charge in [0.15, 0.2) is 0 Å². The molecule has 0 atom stereocenters. The summed E-state index contributed by atoms with van der Waals surface area (Å²) in [6.07, 6.45) is 0. The molecule has 0 spiro atoms. The maximum absolute atomic E-state index is 8.38. The molecule has 1 nitrogen and oxygen atoms in total. The van der Waals surface area contributed by atoms with Crippen molar-refractivity contribution in [1.82, 2.24) is 0 Å². The number of hydrogen-bond donors (Lipinski definition) is 0. The van der Waals surface area contributed by atoms with Crippen molar-refractivity contribution in [3.05, 3.63) is 0 Å². The zero-order chi connectivity index (χ0) is 2.00. The van der Waals surface area contributed by atoms with E-state index in [1.54, 1.807) is 0 Å². The molecule has 0 amide bonds. The minimum atomic E-state index is 0. The standard InChI is InChI=1S/GeH2O.Li.Rb.2H/c1-2;;;;/h1H2;;;;/q;2*+1;2*-1. The Labute approximate surface area is 97.7 Å². The number of rotatable bonds is 0. The van der Waals surface area contributed by atoms with Gasteiger partial charge in [-0.3, -0.25) is 0 Å². The first-order valence-corrected chi connectivity index (χ1v) is 1.50. The van der Waals surface area contributed by atoms with Crippen molar-refractivity contribution >= 4 is 16.5 Å². The van der Waals surface area contributed by atoms with E-state index in [0.717, 1.165) is 0 Å². The molecule has 0 saturated heterocycles. The third-order valence-corrected chi connectivity index (χ3v) is 0. The van der Waals surface area contributed by atoms with E-state index >= 15 is 0 Å². The fraction of sp³-hybridized carbons (Fsp3) is 0. The molecule has 0 aliphatic heterocycles. The topological polar surface area (TPSA) is 17.1 Å². The van der Waals surface area contributed by atoms with Crippen LogP contribution in [0.2, 0.25) is 0 Å². The van der Waals surface area contributed by atoms with Crippen LogP contribution in [-0.4, -0.2) is 16.5 Å². The molecule has 0 aromatic heterocycles. The van der Waals surface area contributed by atoms with Gasteiger partial charge in [-0.15, -0.1) is 0 Å². The molecule has 0 fully saturated rings. The predicted molar refractivity (Wildman–Crippen MR) is 11.5 cm³/mol. The van der Waals surface area contributed by atoms with Crippen molar-refractivity contribution < 1.29 is 83.7 Å². The van der Waals surface area contributed by atoms with E-state index in [4.69, 9.17) is 3.78 Å². The summed E-state index contributed by atoms with van der Waals surface area (Å²) in [7, 11) is 0. The summed E-state index contributed by atoms with van der Waals surface area (Å²) in [5.74, 6) is 0. The molecule has 0 aromatic carbocycles. The van der Waals surface area contributed by atoms with Gasteiger partial charge in [0.1, 0.15) is 0 Å². The molecule has 0 radical (unpaired) electrons. The zero-order valence-corrected chi connectivity index (χ0v) is 11.0. The van der Waals surface area contributed by atoms with Crippen LogP contribution in [0.3, 0.4) is 0 Å². The number of hydrogen-bond acceptors (Lipinski definition) is 1. The second-order valence-corrected chi connectivity index (χ2v) is 0. The van der Waals surface area contributed by atoms with Crippen LogP contribution in [0.5, 0.6) is 0 Å². The molecule has 4 heteroatoms. The van der Waals surface area contributed by atoms with Gasteiger partial charge in [-0.25, -0.2) is 0 Å². The van der Waals surface area contributed by atoms with Crippen LogP contribution >= 0.6 is 0 Å². The van der Waals surface area contributed by atoms with Crippen molar-refractivity contribution in [3.8, 4) is 0 Å². The fourth-order valence-electron chi connectivity index (χ4n) is 0. The summed E-state index contributed by atoms with van der Waals surface area (Å²) in [5.41, 5.74) is 0. The molecular weight excluding hydrogens is 181 g/mol. The molecule has 0 rings (SSSR count). The Hall–Kier alpha value is 2.75. The van der Waals surface area contributed by atoms with Crippen molar-refractivity contribution in [2.75, 3.05) is 0 Å². The van der Waals surface area contributed by atoms with Crippen LogP contribution in [0.1, 0.15) is 2.85 Å². The predicted octanol–water partition coefficient (Wildman–Crippen LogP) is -6.80. The Kier molecular flexibility index (Phi) is 68.1. The Morgan fingerprint density at radius 1 is 1.50 bits per heavy atom. The molecule has 0 saturated carbocycles. The second-order valence-electron chi connectivity index (χ2n) is 0. The van der Waals surface area contributed by atoms with Crippen molar-refractivity contribution in [3.63, 3.8) is 0 Å². The normalized spacial score (nSPS) is 1.00. The first-order valence-electron chi connectivity index (χ1n) is 0.289. The van der Waals surface area contributed by atoms with E-state index in [2.05, 4.69) is 0 Å². The van der Waals surface area contributed by atoms with Gasteiger partial charge in [0.2, 0.25) is 0 Å². The van der Waals surface area contributed by atoms with E-state index in [-0.39, 0.29) is 96.4 Å². The fourth-order valence-corrected chi connectivity index (χ4v) is 0. The molecule has 0 aliphatic rings. The van der Waals surface area contributed by atoms with Crippen molar-refractivity contribution in [2.24, 2.45) is 0 Å². The van der Waals surface area contributed by atoms with Gasteiger partial charge in [0.05, 0.1) is 0 Å². The van der Waals surface area contributed by atoms with Gasteiger partial charge in [-0.2, -0.15) is 0 Å². The summed E-state index contributed by atoms with van der Waals surface area (Å²) >= 11 is 0.125. The van der Waals surface area contributed by atoms with Gasteiger partial charge in [-0.1, -0.05) is 0 Å². The minimum Gasteiger partial charge on any atom is 1.00 e. The van der Waals surface area contributed by atoms with Gasteiger partial charge in [0.25, 0.3) is 0 Å². The van der Waals surface area contributed by atoms with Crippen LogP contribution < -0.4 is 77.0 Å². The van der Waals surface area contributed by atoms with Gasteiger partial charge >= 0.3 is 97.3 Å². The average Bonchev–Trinajstić information content (AvgIpc) is 1.00.